The average Bonchev–Trinajstić information content (AvgIpc) is 2.43. The van der Waals surface area contributed by atoms with Gasteiger partial charge >= 0.3 is 0 Å². The van der Waals surface area contributed by atoms with Crippen molar-refractivity contribution in [1.82, 2.24) is 4.98 Å². The Balaban J connectivity index is 2.31. The molecule has 1 aromatic heterocycles. The molecule has 0 aliphatic heterocycles. The molecule has 19 heavy (non-hydrogen) atoms. The van der Waals surface area contributed by atoms with Crippen LogP contribution >= 0.6 is 0 Å². The van der Waals surface area contributed by atoms with Crippen molar-refractivity contribution >= 4 is 22.3 Å². The first kappa shape index (κ1) is 13.6. The summed E-state index contributed by atoms with van der Waals surface area (Å²) < 4.78 is 5.26. The predicted octanol–water partition coefficient (Wildman–Crippen LogP) is 3.04. The molecule has 0 aliphatic rings. The lowest BCUT2D eigenvalue weighted by atomic mass is 10.1. The highest BCUT2D eigenvalue weighted by molar-refractivity contribution is 5.98. The molecule has 3 N–H and O–H groups in total. The summed E-state index contributed by atoms with van der Waals surface area (Å²) in [5, 5.41) is 4.49. The molecule has 0 fully saturated rings. The lowest BCUT2D eigenvalue weighted by Crippen LogP contribution is -2.24. The zero-order chi connectivity index (χ0) is 13.7. The molecule has 1 heterocycles. The van der Waals surface area contributed by atoms with E-state index in [0.29, 0.717) is 12.6 Å². The molecule has 0 bridgehead atoms. The fourth-order valence-electron chi connectivity index (χ4n) is 2.28. The van der Waals surface area contributed by atoms with E-state index in [9.17, 15) is 0 Å². The van der Waals surface area contributed by atoms with Gasteiger partial charge in [0.1, 0.15) is 0 Å². The fourth-order valence-corrected chi connectivity index (χ4v) is 2.28. The Labute approximate surface area is 114 Å². The van der Waals surface area contributed by atoms with Crippen LogP contribution in [-0.4, -0.2) is 24.7 Å². The Kier molecular flexibility index (Phi) is 4.58. The van der Waals surface area contributed by atoms with Gasteiger partial charge in [-0.25, -0.2) is 0 Å². The van der Waals surface area contributed by atoms with E-state index in [0.717, 1.165) is 35.1 Å². The standard InChI is InChI=1S/C15H21N3O/c1-3-5-11(10-19-2)18-14-8-7-13(16)12-6-4-9-17-15(12)14/h4,6-9,11,18H,3,5,10,16H2,1-2H3. The highest BCUT2D eigenvalue weighted by atomic mass is 16.5. The van der Waals surface area contributed by atoms with E-state index in [2.05, 4.69) is 17.2 Å². The van der Waals surface area contributed by atoms with Gasteiger partial charge in [0.05, 0.1) is 17.8 Å². The Bertz CT molecular complexity index is 536. The second-order valence-corrected chi connectivity index (χ2v) is 4.69. The summed E-state index contributed by atoms with van der Waals surface area (Å²) in [7, 11) is 1.73. The minimum absolute atomic E-state index is 0.295. The van der Waals surface area contributed by atoms with E-state index in [4.69, 9.17) is 10.5 Å². The maximum atomic E-state index is 5.98. The summed E-state index contributed by atoms with van der Waals surface area (Å²) >= 11 is 0. The molecule has 0 amide bonds. The number of aromatic nitrogens is 1. The number of hydrogen-bond donors (Lipinski definition) is 2. The van der Waals surface area contributed by atoms with E-state index in [1.807, 2.05) is 24.3 Å². The third kappa shape index (κ3) is 3.15. The van der Waals surface area contributed by atoms with Crippen LogP contribution in [-0.2, 0) is 4.74 Å². The Hall–Kier alpha value is -1.81. The van der Waals surface area contributed by atoms with Gasteiger partial charge in [-0.1, -0.05) is 13.3 Å². The lowest BCUT2D eigenvalue weighted by molar-refractivity contribution is 0.182. The summed E-state index contributed by atoms with van der Waals surface area (Å²) in [4.78, 5) is 4.43. The molecule has 0 spiro atoms. The smallest absolute Gasteiger partial charge is 0.0953 e. The van der Waals surface area contributed by atoms with Gasteiger partial charge in [-0.05, 0) is 30.7 Å². The van der Waals surface area contributed by atoms with Crippen molar-refractivity contribution in [3.8, 4) is 0 Å². The second-order valence-electron chi connectivity index (χ2n) is 4.69. The number of nitrogens with two attached hydrogens (primary N) is 1. The van der Waals surface area contributed by atoms with Crippen molar-refractivity contribution in [1.29, 1.82) is 0 Å². The summed E-state index contributed by atoms with van der Waals surface area (Å²) in [5.74, 6) is 0. The average molecular weight is 259 g/mol. The van der Waals surface area contributed by atoms with Gasteiger partial charge in [0.15, 0.2) is 0 Å². The van der Waals surface area contributed by atoms with Crippen molar-refractivity contribution in [2.24, 2.45) is 0 Å². The van der Waals surface area contributed by atoms with Crippen LogP contribution in [0.1, 0.15) is 19.8 Å². The van der Waals surface area contributed by atoms with E-state index in [1.54, 1.807) is 13.3 Å². The van der Waals surface area contributed by atoms with Crippen LogP contribution in [0.4, 0.5) is 11.4 Å². The van der Waals surface area contributed by atoms with Gasteiger partial charge in [0, 0.05) is 30.4 Å². The molecule has 2 aromatic rings. The number of benzene rings is 1. The minimum atomic E-state index is 0.295. The summed E-state index contributed by atoms with van der Waals surface area (Å²) in [6.07, 6.45) is 3.96. The number of ether oxygens (including phenoxy) is 1. The number of rotatable bonds is 6. The molecular weight excluding hydrogens is 238 g/mol. The first-order chi connectivity index (χ1) is 9.26. The summed E-state index contributed by atoms with van der Waals surface area (Å²) in [5.41, 5.74) is 8.67. The molecule has 0 aliphatic carbocycles. The molecule has 0 radical (unpaired) electrons. The Morgan fingerprint density at radius 3 is 2.95 bits per heavy atom. The monoisotopic (exact) mass is 259 g/mol. The summed E-state index contributed by atoms with van der Waals surface area (Å²) in [6.45, 7) is 2.86. The van der Waals surface area contributed by atoms with Gasteiger partial charge in [0.2, 0.25) is 0 Å². The summed E-state index contributed by atoms with van der Waals surface area (Å²) in [6, 6.07) is 8.10. The van der Waals surface area contributed by atoms with Gasteiger partial charge < -0.3 is 15.8 Å². The highest BCUT2D eigenvalue weighted by Crippen LogP contribution is 2.27. The normalized spacial score (nSPS) is 12.5. The van der Waals surface area contributed by atoms with Crippen molar-refractivity contribution < 1.29 is 4.74 Å². The van der Waals surface area contributed by atoms with Crippen molar-refractivity contribution in [2.75, 3.05) is 24.8 Å². The predicted molar refractivity (Wildman–Crippen MR) is 80.4 cm³/mol. The largest absolute Gasteiger partial charge is 0.398 e. The van der Waals surface area contributed by atoms with E-state index >= 15 is 0 Å². The minimum Gasteiger partial charge on any atom is -0.398 e. The van der Waals surface area contributed by atoms with Crippen molar-refractivity contribution in [2.45, 2.75) is 25.8 Å². The Morgan fingerprint density at radius 2 is 2.21 bits per heavy atom. The van der Waals surface area contributed by atoms with Crippen LogP contribution in [0.25, 0.3) is 10.9 Å². The third-order valence-corrected chi connectivity index (χ3v) is 3.17. The van der Waals surface area contributed by atoms with Gasteiger partial charge in [0.25, 0.3) is 0 Å². The number of nitrogen functional groups attached to an aromatic ring is 1. The molecule has 1 aromatic carbocycles. The molecule has 102 valence electrons. The molecule has 4 nitrogen and oxygen atoms in total. The zero-order valence-electron chi connectivity index (χ0n) is 11.5. The third-order valence-electron chi connectivity index (χ3n) is 3.17. The van der Waals surface area contributed by atoms with E-state index in [1.165, 1.54) is 0 Å². The lowest BCUT2D eigenvalue weighted by Gasteiger charge is -2.19. The number of nitrogens with zero attached hydrogens (tertiary/aromatic N) is 1. The van der Waals surface area contributed by atoms with Crippen molar-refractivity contribution in [3.05, 3.63) is 30.5 Å². The topological polar surface area (TPSA) is 60.2 Å². The number of nitrogens with one attached hydrogen (secondary N) is 1. The first-order valence-corrected chi connectivity index (χ1v) is 6.65. The number of anilines is 2. The molecule has 0 saturated carbocycles. The van der Waals surface area contributed by atoms with Gasteiger partial charge in [-0.2, -0.15) is 0 Å². The van der Waals surface area contributed by atoms with Crippen LogP contribution in [0.2, 0.25) is 0 Å². The molecular formula is C15H21N3O. The molecule has 2 rings (SSSR count). The molecule has 4 heteroatoms. The SMILES string of the molecule is CCCC(COC)Nc1ccc(N)c2cccnc12. The van der Waals surface area contributed by atoms with Crippen molar-refractivity contribution in [3.63, 3.8) is 0 Å². The number of pyridine rings is 1. The van der Waals surface area contributed by atoms with E-state index < -0.39 is 0 Å². The second kappa shape index (κ2) is 6.38. The van der Waals surface area contributed by atoms with Gasteiger partial charge in [-0.15, -0.1) is 0 Å². The molecule has 0 saturated heterocycles. The van der Waals surface area contributed by atoms with Crippen LogP contribution < -0.4 is 11.1 Å². The maximum absolute atomic E-state index is 5.98. The molecule has 1 unspecified atom stereocenters. The van der Waals surface area contributed by atoms with Crippen LogP contribution in [0.3, 0.4) is 0 Å². The number of hydrogen-bond acceptors (Lipinski definition) is 4. The highest BCUT2D eigenvalue weighted by Gasteiger charge is 2.10. The fraction of sp³-hybridized carbons (Fsp3) is 0.400. The van der Waals surface area contributed by atoms with Crippen LogP contribution in [0.5, 0.6) is 0 Å². The molecule has 1 atom stereocenters. The maximum Gasteiger partial charge on any atom is 0.0953 e. The van der Waals surface area contributed by atoms with Crippen LogP contribution in [0, 0.1) is 0 Å². The zero-order valence-corrected chi connectivity index (χ0v) is 11.5. The first-order valence-electron chi connectivity index (χ1n) is 6.65. The number of fused-ring (bicyclic) bond motifs is 1. The number of methoxy groups -OCH3 is 1. The Morgan fingerprint density at radius 1 is 1.37 bits per heavy atom. The van der Waals surface area contributed by atoms with E-state index in [-0.39, 0.29) is 0 Å². The quantitative estimate of drug-likeness (QED) is 0.783. The van der Waals surface area contributed by atoms with Crippen LogP contribution in [0.15, 0.2) is 30.5 Å². The van der Waals surface area contributed by atoms with Gasteiger partial charge in [-0.3, -0.25) is 4.98 Å².